The van der Waals surface area contributed by atoms with Crippen LogP contribution >= 0.6 is 0 Å². The summed E-state index contributed by atoms with van der Waals surface area (Å²) in [6.07, 6.45) is 2.09. The van der Waals surface area contributed by atoms with E-state index in [1.807, 2.05) is 19.1 Å². The van der Waals surface area contributed by atoms with Gasteiger partial charge in [-0.05, 0) is 43.4 Å². The normalized spacial score (nSPS) is 15.9. The molecule has 1 aromatic rings. The second-order valence-corrected chi connectivity index (χ2v) is 5.07. The molecule has 0 amide bonds. The van der Waals surface area contributed by atoms with Crippen LogP contribution in [0.2, 0.25) is 0 Å². The van der Waals surface area contributed by atoms with Crippen molar-refractivity contribution in [1.29, 1.82) is 0 Å². The standard InChI is InChI=1S/C14H21NO3/c1-3-10(9-14(2,15)13(17)18)8-11-4-6-12(16)7-5-11/h4-7,10,16H,3,8-9,15H2,1-2H3,(H,17,18). The fourth-order valence-corrected chi connectivity index (χ4v) is 2.01. The van der Waals surface area contributed by atoms with Gasteiger partial charge in [0.25, 0.3) is 0 Å². The predicted octanol–water partition coefficient (Wildman–Crippen LogP) is 2.15. The van der Waals surface area contributed by atoms with E-state index in [0.717, 1.165) is 18.4 Å². The van der Waals surface area contributed by atoms with Crippen molar-refractivity contribution in [3.8, 4) is 5.75 Å². The van der Waals surface area contributed by atoms with Crippen LogP contribution in [0.25, 0.3) is 0 Å². The molecular weight excluding hydrogens is 230 g/mol. The van der Waals surface area contributed by atoms with E-state index >= 15 is 0 Å². The highest BCUT2D eigenvalue weighted by Crippen LogP contribution is 2.23. The largest absolute Gasteiger partial charge is 0.508 e. The van der Waals surface area contributed by atoms with Crippen molar-refractivity contribution in [3.05, 3.63) is 29.8 Å². The molecule has 0 spiro atoms. The maximum absolute atomic E-state index is 11.0. The lowest BCUT2D eigenvalue weighted by molar-refractivity contribution is -0.143. The number of aromatic hydroxyl groups is 1. The van der Waals surface area contributed by atoms with Crippen LogP contribution in [0.4, 0.5) is 0 Å². The van der Waals surface area contributed by atoms with Crippen LogP contribution in [-0.4, -0.2) is 21.7 Å². The Bertz CT molecular complexity index is 398. The van der Waals surface area contributed by atoms with E-state index in [9.17, 15) is 9.90 Å². The molecule has 0 heterocycles. The number of rotatable bonds is 6. The number of carboxylic acids is 1. The molecule has 100 valence electrons. The zero-order valence-electron chi connectivity index (χ0n) is 10.9. The summed E-state index contributed by atoms with van der Waals surface area (Å²) in [5, 5.41) is 18.2. The second-order valence-electron chi connectivity index (χ2n) is 5.07. The molecule has 4 nitrogen and oxygen atoms in total. The summed E-state index contributed by atoms with van der Waals surface area (Å²) in [7, 11) is 0. The average molecular weight is 251 g/mol. The zero-order valence-corrected chi connectivity index (χ0v) is 10.9. The minimum Gasteiger partial charge on any atom is -0.508 e. The minimum absolute atomic E-state index is 0.223. The fourth-order valence-electron chi connectivity index (χ4n) is 2.01. The summed E-state index contributed by atoms with van der Waals surface area (Å²) in [5.74, 6) is -0.506. The molecule has 4 N–H and O–H groups in total. The van der Waals surface area contributed by atoms with Crippen LogP contribution < -0.4 is 5.73 Å². The first-order valence-corrected chi connectivity index (χ1v) is 6.15. The van der Waals surface area contributed by atoms with E-state index in [2.05, 4.69) is 0 Å². The lowest BCUT2D eigenvalue weighted by atomic mass is 9.84. The molecule has 0 radical (unpaired) electrons. The molecule has 0 aliphatic carbocycles. The molecule has 2 atom stereocenters. The highest BCUT2D eigenvalue weighted by Gasteiger charge is 2.30. The summed E-state index contributed by atoms with van der Waals surface area (Å²) in [5.41, 5.74) is 5.68. The summed E-state index contributed by atoms with van der Waals surface area (Å²) >= 11 is 0. The van der Waals surface area contributed by atoms with E-state index < -0.39 is 11.5 Å². The Hall–Kier alpha value is -1.55. The monoisotopic (exact) mass is 251 g/mol. The summed E-state index contributed by atoms with van der Waals surface area (Å²) < 4.78 is 0. The van der Waals surface area contributed by atoms with Gasteiger partial charge in [-0.1, -0.05) is 25.5 Å². The van der Waals surface area contributed by atoms with Gasteiger partial charge >= 0.3 is 5.97 Å². The van der Waals surface area contributed by atoms with E-state index in [1.54, 1.807) is 19.1 Å². The van der Waals surface area contributed by atoms with Crippen molar-refractivity contribution in [2.75, 3.05) is 0 Å². The van der Waals surface area contributed by atoms with E-state index in [4.69, 9.17) is 10.8 Å². The maximum atomic E-state index is 11.0. The molecule has 0 aromatic heterocycles. The van der Waals surface area contributed by atoms with E-state index in [0.29, 0.717) is 6.42 Å². The van der Waals surface area contributed by atoms with Gasteiger partial charge in [-0.15, -0.1) is 0 Å². The number of aliphatic carboxylic acids is 1. The Labute approximate surface area is 107 Å². The van der Waals surface area contributed by atoms with Crippen LogP contribution in [0.5, 0.6) is 5.75 Å². The minimum atomic E-state index is -1.18. The van der Waals surface area contributed by atoms with Gasteiger partial charge in [-0.2, -0.15) is 0 Å². The Morgan fingerprint density at radius 1 is 1.39 bits per heavy atom. The van der Waals surface area contributed by atoms with Gasteiger partial charge < -0.3 is 15.9 Å². The van der Waals surface area contributed by atoms with Gasteiger partial charge in [0.1, 0.15) is 11.3 Å². The second kappa shape index (κ2) is 5.87. The molecule has 4 heteroatoms. The van der Waals surface area contributed by atoms with Gasteiger partial charge in [-0.25, -0.2) is 0 Å². The van der Waals surface area contributed by atoms with Gasteiger partial charge in [-0.3, -0.25) is 4.79 Å². The smallest absolute Gasteiger partial charge is 0.323 e. The quantitative estimate of drug-likeness (QED) is 0.723. The molecule has 0 aliphatic heterocycles. The Morgan fingerprint density at radius 2 is 1.94 bits per heavy atom. The van der Waals surface area contributed by atoms with Crippen molar-refractivity contribution < 1.29 is 15.0 Å². The predicted molar refractivity (Wildman–Crippen MR) is 70.4 cm³/mol. The molecule has 0 aliphatic rings. The molecule has 1 aromatic carbocycles. The van der Waals surface area contributed by atoms with Crippen LogP contribution in [-0.2, 0) is 11.2 Å². The number of nitrogens with two attached hydrogens (primary N) is 1. The summed E-state index contributed by atoms with van der Waals surface area (Å²) in [6.45, 7) is 3.58. The van der Waals surface area contributed by atoms with Gasteiger partial charge in [0, 0.05) is 0 Å². The molecular formula is C14H21NO3. The Balaban J connectivity index is 2.68. The highest BCUT2D eigenvalue weighted by molar-refractivity contribution is 5.77. The van der Waals surface area contributed by atoms with Crippen molar-refractivity contribution in [3.63, 3.8) is 0 Å². The Morgan fingerprint density at radius 3 is 2.39 bits per heavy atom. The SMILES string of the molecule is CCC(Cc1ccc(O)cc1)CC(C)(N)C(=O)O. The molecule has 0 saturated carbocycles. The maximum Gasteiger partial charge on any atom is 0.323 e. The number of carboxylic acid groups (broad SMARTS) is 1. The molecule has 2 unspecified atom stereocenters. The van der Waals surface area contributed by atoms with Crippen molar-refractivity contribution in [2.45, 2.75) is 38.6 Å². The van der Waals surface area contributed by atoms with Crippen molar-refractivity contribution in [2.24, 2.45) is 11.7 Å². The van der Waals surface area contributed by atoms with Crippen LogP contribution in [0, 0.1) is 5.92 Å². The third kappa shape index (κ3) is 4.04. The van der Waals surface area contributed by atoms with Crippen LogP contribution in [0.15, 0.2) is 24.3 Å². The van der Waals surface area contributed by atoms with Gasteiger partial charge in [0.15, 0.2) is 0 Å². The first-order valence-electron chi connectivity index (χ1n) is 6.15. The Kier molecular flexibility index (Phi) is 4.73. The van der Waals surface area contributed by atoms with E-state index in [1.165, 1.54) is 0 Å². The molecule has 0 saturated heterocycles. The zero-order chi connectivity index (χ0) is 13.8. The fraction of sp³-hybridized carbons (Fsp3) is 0.500. The third-order valence-corrected chi connectivity index (χ3v) is 3.24. The summed E-state index contributed by atoms with van der Waals surface area (Å²) in [4.78, 5) is 11.0. The number of hydrogen-bond donors (Lipinski definition) is 3. The number of hydrogen-bond acceptors (Lipinski definition) is 3. The first kappa shape index (κ1) is 14.5. The van der Waals surface area contributed by atoms with Gasteiger partial charge in [0.05, 0.1) is 0 Å². The lowest BCUT2D eigenvalue weighted by Crippen LogP contribution is -2.46. The lowest BCUT2D eigenvalue weighted by Gasteiger charge is -2.25. The number of benzene rings is 1. The molecule has 0 fully saturated rings. The highest BCUT2D eigenvalue weighted by atomic mass is 16.4. The van der Waals surface area contributed by atoms with Crippen LogP contribution in [0.3, 0.4) is 0 Å². The average Bonchev–Trinajstić information content (AvgIpc) is 2.30. The van der Waals surface area contributed by atoms with Gasteiger partial charge in [0.2, 0.25) is 0 Å². The third-order valence-electron chi connectivity index (χ3n) is 3.24. The van der Waals surface area contributed by atoms with Crippen molar-refractivity contribution in [1.82, 2.24) is 0 Å². The van der Waals surface area contributed by atoms with E-state index in [-0.39, 0.29) is 11.7 Å². The molecule has 18 heavy (non-hydrogen) atoms. The first-order chi connectivity index (χ1) is 8.35. The molecule has 1 rings (SSSR count). The molecule has 0 bridgehead atoms. The van der Waals surface area contributed by atoms with Crippen LogP contribution in [0.1, 0.15) is 32.3 Å². The topological polar surface area (TPSA) is 83.5 Å². The number of phenolic OH excluding ortho intramolecular Hbond substituents is 1. The number of carbonyl (C=O) groups is 1. The number of phenols is 1. The van der Waals surface area contributed by atoms with Crippen molar-refractivity contribution >= 4 is 5.97 Å². The summed E-state index contributed by atoms with van der Waals surface area (Å²) in [6, 6.07) is 6.99.